The molecule has 0 aliphatic heterocycles. The van der Waals surface area contributed by atoms with Crippen LogP contribution in [-0.4, -0.2) is 38.3 Å². The molecule has 0 aliphatic carbocycles. The molecule has 0 bridgehead atoms. The summed E-state index contributed by atoms with van der Waals surface area (Å²) in [5.41, 5.74) is 1.59. The molecule has 0 fully saturated rings. The number of esters is 1. The maximum atomic E-state index is 13.5. The second kappa shape index (κ2) is 11.0. The minimum atomic E-state index is -4.10. The van der Waals surface area contributed by atoms with Crippen LogP contribution in [0.4, 0.5) is 5.69 Å². The van der Waals surface area contributed by atoms with E-state index in [0.29, 0.717) is 5.56 Å². The second-order valence-electron chi connectivity index (χ2n) is 7.37. The van der Waals surface area contributed by atoms with Gasteiger partial charge in [0.05, 0.1) is 29.8 Å². The zero-order chi connectivity index (χ0) is 24.9. The van der Waals surface area contributed by atoms with Gasteiger partial charge in [-0.1, -0.05) is 59.1 Å². The first-order valence-electron chi connectivity index (χ1n) is 10.1. The van der Waals surface area contributed by atoms with Gasteiger partial charge in [-0.2, -0.15) is 4.31 Å². The van der Waals surface area contributed by atoms with Crippen LogP contribution >= 0.6 is 23.2 Å². The summed E-state index contributed by atoms with van der Waals surface area (Å²) >= 11 is 12.5. The molecule has 1 amide bonds. The van der Waals surface area contributed by atoms with Crippen LogP contribution in [0.2, 0.25) is 10.0 Å². The van der Waals surface area contributed by atoms with E-state index in [2.05, 4.69) is 5.32 Å². The number of amides is 1. The van der Waals surface area contributed by atoms with Gasteiger partial charge >= 0.3 is 5.97 Å². The van der Waals surface area contributed by atoms with E-state index in [0.717, 1.165) is 9.87 Å². The van der Waals surface area contributed by atoms with Gasteiger partial charge in [-0.25, -0.2) is 13.2 Å². The van der Waals surface area contributed by atoms with Crippen molar-refractivity contribution in [2.45, 2.75) is 18.4 Å². The number of carbonyl (C=O) groups excluding carboxylic acids is 2. The topological polar surface area (TPSA) is 92.8 Å². The van der Waals surface area contributed by atoms with Gasteiger partial charge in [-0.3, -0.25) is 4.79 Å². The van der Waals surface area contributed by atoms with Crippen molar-refractivity contribution in [3.05, 3.63) is 93.5 Å². The van der Waals surface area contributed by atoms with E-state index in [9.17, 15) is 18.0 Å². The lowest BCUT2D eigenvalue weighted by Crippen LogP contribution is -2.38. The van der Waals surface area contributed by atoms with Crippen LogP contribution in [0, 0.1) is 6.92 Å². The zero-order valence-corrected chi connectivity index (χ0v) is 20.7. The first kappa shape index (κ1) is 25.7. The van der Waals surface area contributed by atoms with Gasteiger partial charge in [0.1, 0.15) is 0 Å². The van der Waals surface area contributed by atoms with Crippen molar-refractivity contribution in [1.29, 1.82) is 0 Å². The van der Waals surface area contributed by atoms with Gasteiger partial charge in [0.25, 0.3) is 0 Å². The number of methoxy groups -OCH3 is 1. The van der Waals surface area contributed by atoms with Crippen LogP contribution in [0.15, 0.2) is 71.6 Å². The Morgan fingerprint density at radius 2 is 1.56 bits per heavy atom. The summed E-state index contributed by atoms with van der Waals surface area (Å²) in [6.07, 6.45) is 0. The summed E-state index contributed by atoms with van der Waals surface area (Å²) in [6.45, 7) is 1.05. The Bertz CT molecular complexity index is 1290. The van der Waals surface area contributed by atoms with Crippen molar-refractivity contribution in [2.75, 3.05) is 19.0 Å². The highest BCUT2D eigenvalue weighted by Gasteiger charge is 2.28. The fraction of sp³-hybridized carbons (Fsp3) is 0.167. The third-order valence-corrected chi connectivity index (χ3v) is 7.50. The lowest BCUT2D eigenvalue weighted by Gasteiger charge is -2.23. The molecule has 0 saturated heterocycles. The number of rotatable bonds is 8. The van der Waals surface area contributed by atoms with Gasteiger partial charge in [-0.15, -0.1) is 0 Å². The van der Waals surface area contributed by atoms with Crippen molar-refractivity contribution in [1.82, 2.24) is 4.31 Å². The lowest BCUT2D eigenvalue weighted by atomic mass is 10.2. The fourth-order valence-corrected chi connectivity index (χ4v) is 5.06. The quantitative estimate of drug-likeness (QED) is 0.425. The Kier molecular flexibility index (Phi) is 8.33. The number of halogens is 2. The summed E-state index contributed by atoms with van der Waals surface area (Å²) in [6, 6.07) is 17.4. The molecule has 0 atom stereocenters. The largest absolute Gasteiger partial charge is 0.465 e. The summed E-state index contributed by atoms with van der Waals surface area (Å²) in [5, 5.41) is 3.13. The van der Waals surface area contributed by atoms with E-state index in [1.807, 2.05) is 6.92 Å². The number of aryl methyl sites for hydroxylation is 1. The molecule has 10 heteroatoms. The average Bonchev–Trinajstić information content (AvgIpc) is 2.80. The van der Waals surface area contributed by atoms with E-state index in [1.54, 1.807) is 42.5 Å². The van der Waals surface area contributed by atoms with Gasteiger partial charge < -0.3 is 10.1 Å². The lowest BCUT2D eigenvalue weighted by molar-refractivity contribution is -0.116. The van der Waals surface area contributed by atoms with Crippen LogP contribution in [0.1, 0.15) is 21.5 Å². The average molecular weight is 521 g/mol. The minimum absolute atomic E-state index is 0.0176. The molecule has 34 heavy (non-hydrogen) atoms. The monoisotopic (exact) mass is 520 g/mol. The molecule has 0 aromatic heterocycles. The molecule has 178 valence electrons. The molecule has 3 aromatic carbocycles. The third-order valence-electron chi connectivity index (χ3n) is 4.98. The SMILES string of the molecule is COC(=O)c1ccccc1NC(=O)CN(Cc1c(Cl)cccc1Cl)S(=O)(=O)c1ccc(C)cc1. The van der Waals surface area contributed by atoms with E-state index in [4.69, 9.17) is 27.9 Å². The van der Waals surface area contributed by atoms with Gasteiger partial charge in [0.2, 0.25) is 15.9 Å². The Morgan fingerprint density at radius 1 is 0.941 bits per heavy atom. The molecule has 0 spiro atoms. The third kappa shape index (κ3) is 5.95. The van der Waals surface area contributed by atoms with Crippen LogP contribution in [0.5, 0.6) is 0 Å². The van der Waals surface area contributed by atoms with E-state index >= 15 is 0 Å². The summed E-state index contributed by atoms with van der Waals surface area (Å²) in [5.74, 6) is -1.29. The molecule has 1 N–H and O–H groups in total. The predicted octanol–water partition coefficient (Wildman–Crippen LogP) is 4.92. The summed E-state index contributed by atoms with van der Waals surface area (Å²) in [7, 11) is -2.88. The summed E-state index contributed by atoms with van der Waals surface area (Å²) in [4.78, 5) is 25.0. The highest BCUT2D eigenvalue weighted by Crippen LogP contribution is 2.28. The number of ether oxygens (including phenoxy) is 1. The van der Waals surface area contributed by atoms with Crippen molar-refractivity contribution in [3.8, 4) is 0 Å². The maximum Gasteiger partial charge on any atom is 0.339 e. The summed E-state index contributed by atoms with van der Waals surface area (Å²) < 4.78 is 32.7. The predicted molar refractivity (Wildman–Crippen MR) is 132 cm³/mol. The second-order valence-corrected chi connectivity index (χ2v) is 10.1. The molecule has 0 unspecified atom stereocenters. The Hall–Kier alpha value is -2.91. The number of carbonyl (C=O) groups is 2. The molecule has 3 aromatic rings. The van der Waals surface area contributed by atoms with Gasteiger partial charge in [0, 0.05) is 22.2 Å². The molecule has 0 aliphatic rings. The number of para-hydroxylation sites is 1. The number of anilines is 1. The maximum absolute atomic E-state index is 13.5. The molecule has 0 saturated carbocycles. The number of nitrogens with zero attached hydrogens (tertiary/aromatic N) is 1. The Balaban J connectivity index is 1.95. The molecule has 3 rings (SSSR count). The van der Waals surface area contributed by atoms with Crippen LogP contribution in [0.3, 0.4) is 0 Å². The molecular weight excluding hydrogens is 499 g/mol. The van der Waals surface area contributed by atoms with Gasteiger partial charge in [0.15, 0.2) is 0 Å². The molecular formula is C24H22Cl2N2O5S. The molecule has 0 heterocycles. The highest BCUT2D eigenvalue weighted by atomic mass is 35.5. The van der Waals surface area contributed by atoms with Crippen molar-refractivity contribution < 1.29 is 22.7 Å². The van der Waals surface area contributed by atoms with Crippen molar-refractivity contribution in [3.63, 3.8) is 0 Å². The molecule has 7 nitrogen and oxygen atoms in total. The number of hydrogen-bond acceptors (Lipinski definition) is 5. The smallest absolute Gasteiger partial charge is 0.339 e. The Labute approximate surface area is 208 Å². The fourth-order valence-electron chi connectivity index (χ4n) is 3.17. The van der Waals surface area contributed by atoms with Crippen molar-refractivity contribution >= 4 is 50.8 Å². The number of hydrogen-bond donors (Lipinski definition) is 1. The Morgan fingerprint density at radius 3 is 2.18 bits per heavy atom. The minimum Gasteiger partial charge on any atom is -0.465 e. The van der Waals surface area contributed by atoms with Crippen LogP contribution in [-0.2, 0) is 26.1 Å². The number of sulfonamides is 1. The number of benzene rings is 3. The van der Waals surface area contributed by atoms with E-state index in [1.165, 1.54) is 31.4 Å². The first-order valence-corrected chi connectivity index (χ1v) is 12.3. The first-order chi connectivity index (χ1) is 16.1. The van der Waals surface area contributed by atoms with Crippen molar-refractivity contribution in [2.24, 2.45) is 0 Å². The molecule has 0 radical (unpaired) electrons. The van der Waals surface area contributed by atoms with E-state index < -0.39 is 28.4 Å². The van der Waals surface area contributed by atoms with Crippen LogP contribution < -0.4 is 5.32 Å². The van der Waals surface area contributed by atoms with E-state index in [-0.39, 0.29) is 32.7 Å². The normalized spacial score (nSPS) is 11.3. The zero-order valence-electron chi connectivity index (χ0n) is 18.4. The standard InChI is InChI=1S/C24H22Cl2N2O5S/c1-16-10-12-17(13-11-16)34(31,32)28(14-19-20(25)7-5-8-21(19)26)15-23(29)27-22-9-4-3-6-18(22)24(30)33-2/h3-13H,14-15H2,1-2H3,(H,27,29). The number of nitrogens with one attached hydrogen (secondary N) is 1. The highest BCUT2D eigenvalue weighted by molar-refractivity contribution is 7.89. The van der Waals surface area contributed by atoms with Crippen LogP contribution in [0.25, 0.3) is 0 Å². The van der Waals surface area contributed by atoms with Gasteiger partial charge in [-0.05, 0) is 43.3 Å².